The Kier molecular flexibility index (Phi) is 7.93. The van der Waals surface area contributed by atoms with Crippen molar-refractivity contribution in [3.05, 3.63) is 68.8 Å². The maximum atomic E-state index is 15.0. The molecule has 1 aliphatic heterocycles. The fourth-order valence-corrected chi connectivity index (χ4v) is 3.20. The Hall–Kier alpha value is -2.84. The van der Waals surface area contributed by atoms with Crippen LogP contribution in [0.1, 0.15) is 22.3 Å². The molecule has 2 amide bonds. The molecule has 1 aliphatic rings. The summed E-state index contributed by atoms with van der Waals surface area (Å²) in [6.45, 7) is -1.13. The largest absolute Gasteiger partial charge is 0.394 e. The van der Waals surface area contributed by atoms with Crippen LogP contribution in [0, 0.1) is 21.0 Å². The van der Waals surface area contributed by atoms with Crippen molar-refractivity contribution in [2.45, 2.75) is 13.0 Å². The lowest BCUT2D eigenvalue weighted by atomic mass is 10.1. The monoisotopic (exact) mass is 563 g/mol. The van der Waals surface area contributed by atoms with Crippen LogP contribution in [-0.4, -0.2) is 35.2 Å². The first kappa shape index (κ1) is 23.8. The molecule has 0 saturated carbocycles. The zero-order valence-electron chi connectivity index (χ0n) is 16.3. The molecule has 3 rings (SSSR count). The number of hydrogen-bond donors (Lipinski definition) is 3. The second kappa shape index (κ2) is 10.7. The Morgan fingerprint density at radius 3 is 2.72 bits per heavy atom. The molecule has 0 unspecified atom stereocenters. The number of rotatable bonds is 8. The average molecular weight is 563 g/mol. The van der Waals surface area contributed by atoms with Crippen molar-refractivity contribution < 1.29 is 37.5 Å². The second-order valence-electron chi connectivity index (χ2n) is 6.45. The Morgan fingerprint density at radius 2 is 2.03 bits per heavy atom. The molecule has 0 spiro atoms. The highest BCUT2D eigenvalue weighted by molar-refractivity contribution is 14.1. The molecule has 0 atom stereocenters. The molecule has 8 nitrogen and oxygen atoms in total. The third kappa shape index (κ3) is 5.49. The van der Waals surface area contributed by atoms with E-state index in [-0.39, 0.29) is 24.3 Å². The second-order valence-corrected chi connectivity index (χ2v) is 7.70. The van der Waals surface area contributed by atoms with Gasteiger partial charge in [0.15, 0.2) is 11.6 Å². The number of nitrogens with zero attached hydrogens (tertiary/aromatic N) is 1. The van der Waals surface area contributed by atoms with Crippen molar-refractivity contribution in [1.29, 1.82) is 0 Å². The van der Waals surface area contributed by atoms with E-state index in [0.29, 0.717) is 3.57 Å². The van der Waals surface area contributed by atoms with Crippen molar-refractivity contribution in [2.24, 2.45) is 0 Å². The summed E-state index contributed by atoms with van der Waals surface area (Å²) in [5, 5.41) is 12.0. The zero-order chi connectivity index (χ0) is 23.3. The van der Waals surface area contributed by atoms with Gasteiger partial charge < -0.3 is 15.3 Å². The van der Waals surface area contributed by atoms with E-state index in [1.165, 1.54) is 30.5 Å². The number of aliphatic hydroxyl groups excluding tert-OH is 1. The zero-order valence-corrected chi connectivity index (χ0v) is 18.5. The summed E-state index contributed by atoms with van der Waals surface area (Å²) in [5.41, 5.74) is 0.384. The van der Waals surface area contributed by atoms with Crippen LogP contribution >= 0.6 is 22.6 Å². The lowest BCUT2D eigenvalue weighted by Gasteiger charge is -2.24. The summed E-state index contributed by atoms with van der Waals surface area (Å²) >= 11 is 1.88. The number of carbonyl (C=O) groups excluding carboxylic acids is 2. The minimum atomic E-state index is -1.47. The number of benzene rings is 2. The molecule has 2 aromatic carbocycles. The molecule has 2 aromatic rings. The highest BCUT2D eigenvalue weighted by atomic mass is 127. The number of halogens is 4. The van der Waals surface area contributed by atoms with Crippen molar-refractivity contribution in [2.75, 3.05) is 18.5 Å². The highest BCUT2D eigenvalue weighted by Gasteiger charge is 2.26. The average Bonchev–Trinajstić information content (AvgIpc) is 2.76. The molecule has 0 radical (unpaired) electrons. The van der Waals surface area contributed by atoms with E-state index < -0.39 is 53.7 Å². The first-order chi connectivity index (χ1) is 15.3. The molecule has 170 valence electrons. The first-order valence-electron chi connectivity index (χ1n) is 9.20. The van der Waals surface area contributed by atoms with Crippen molar-refractivity contribution in [3.8, 4) is 0 Å². The fraction of sp³-hybridized carbons (Fsp3) is 0.200. The lowest BCUT2D eigenvalue weighted by Crippen LogP contribution is -2.32. The van der Waals surface area contributed by atoms with Gasteiger partial charge in [-0.2, -0.15) is 5.06 Å². The van der Waals surface area contributed by atoms with E-state index in [4.69, 9.17) is 14.8 Å². The molecule has 0 fully saturated rings. The summed E-state index contributed by atoms with van der Waals surface area (Å²) in [7, 11) is 0. The molecule has 3 N–H and O–H groups in total. The Balaban J connectivity index is 2.01. The van der Waals surface area contributed by atoms with Crippen LogP contribution in [0.3, 0.4) is 0 Å². The van der Waals surface area contributed by atoms with Gasteiger partial charge >= 0.3 is 0 Å². The van der Waals surface area contributed by atoms with Gasteiger partial charge in [-0.3, -0.25) is 14.4 Å². The third-order valence-electron chi connectivity index (χ3n) is 4.24. The van der Waals surface area contributed by atoms with E-state index >= 15 is 4.39 Å². The predicted octanol–water partition coefficient (Wildman–Crippen LogP) is 3.28. The van der Waals surface area contributed by atoms with Gasteiger partial charge in [0.25, 0.3) is 11.8 Å². The van der Waals surface area contributed by atoms with Gasteiger partial charge in [0.1, 0.15) is 12.1 Å². The van der Waals surface area contributed by atoms with Crippen LogP contribution in [0.4, 0.5) is 24.5 Å². The summed E-state index contributed by atoms with van der Waals surface area (Å²) in [6, 6.07) is 5.00. The van der Waals surface area contributed by atoms with Gasteiger partial charge in [0.05, 0.1) is 43.1 Å². The van der Waals surface area contributed by atoms with E-state index in [0.717, 1.165) is 11.1 Å². The van der Waals surface area contributed by atoms with Crippen molar-refractivity contribution in [1.82, 2.24) is 10.5 Å². The van der Waals surface area contributed by atoms with Crippen LogP contribution in [-0.2, 0) is 21.0 Å². The van der Waals surface area contributed by atoms with Crippen LogP contribution in [0.15, 0.2) is 36.6 Å². The first-order valence-corrected chi connectivity index (χ1v) is 10.3. The predicted molar refractivity (Wildman–Crippen MR) is 115 cm³/mol. The van der Waals surface area contributed by atoms with Crippen LogP contribution in [0.25, 0.3) is 0 Å². The van der Waals surface area contributed by atoms with Gasteiger partial charge in [-0.25, -0.2) is 18.7 Å². The van der Waals surface area contributed by atoms with Gasteiger partial charge in [-0.15, -0.1) is 0 Å². The normalized spacial score (nSPS) is 13.2. The van der Waals surface area contributed by atoms with Crippen LogP contribution in [0.2, 0.25) is 0 Å². The number of anilines is 2. The number of hydrogen-bond acceptors (Lipinski definition) is 6. The number of aliphatic hydroxyl groups is 1. The van der Waals surface area contributed by atoms with E-state index in [9.17, 15) is 18.4 Å². The molecule has 1 heterocycles. The summed E-state index contributed by atoms with van der Waals surface area (Å²) < 4.78 is 44.7. The minimum Gasteiger partial charge on any atom is -0.394 e. The fourth-order valence-electron chi connectivity index (χ4n) is 2.74. The molecule has 0 bridgehead atoms. The topological polar surface area (TPSA) is 100 Å². The minimum absolute atomic E-state index is 0.0121. The Labute approximate surface area is 194 Å². The standard InChI is InChI=1S/C20H17F3IN3O5/c21-14-9-12(24)3-4-15(14)25-19-13(20(30)26-31-7-5-28)8-11(17(22)18(19)23)10-27-16(29)2-1-6-32-27/h1,3-4,6,8-9,25,28H,2,5,7,10H2,(H,26,30). The molecule has 0 aromatic heterocycles. The number of amides is 2. The Bertz CT molecular complexity index is 1070. The number of nitrogens with one attached hydrogen (secondary N) is 2. The van der Waals surface area contributed by atoms with E-state index in [2.05, 4.69) is 5.32 Å². The SMILES string of the molecule is O=C(NOCCO)c1cc(CN2OC=CCC2=O)c(F)c(F)c1Nc1ccc(I)cc1F. The maximum absolute atomic E-state index is 15.0. The summed E-state index contributed by atoms with van der Waals surface area (Å²) in [6.07, 6.45) is 2.69. The van der Waals surface area contributed by atoms with Gasteiger partial charge in [-0.1, -0.05) is 0 Å². The molecular formula is C20H17F3IN3O5. The molecule has 0 aliphatic carbocycles. The molecule has 12 heteroatoms. The highest BCUT2D eigenvalue weighted by Crippen LogP contribution is 2.31. The smallest absolute Gasteiger partial charge is 0.277 e. The quantitative estimate of drug-likeness (QED) is 0.259. The number of hydroxylamine groups is 3. The summed E-state index contributed by atoms with van der Waals surface area (Å²) in [5.74, 6) is -5.04. The molecular weight excluding hydrogens is 546 g/mol. The van der Waals surface area contributed by atoms with Gasteiger partial charge in [0, 0.05) is 9.13 Å². The molecule has 0 saturated heterocycles. The van der Waals surface area contributed by atoms with E-state index in [1.807, 2.05) is 28.1 Å². The van der Waals surface area contributed by atoms with Gasteiger partial charge in [0.2, 0.25) is 0 Å². The maximum Gasteiger partial charge on any atom is 0.277 e. The lowest BCUT2D eigenvalue weighted by molar-refractivity contribution is -0.172. The summed E-state index contributed by atoms with van der Waals surface area (Å²) in [4.78, 5) is 34.3. The van der Waals surface area contributed by atoms with Crippen molar-refractivity contribution in [3.63, 3.8) is 0 Å². The molecule has 32 heavy (non-hydrogen) atoms. The number of carbonyl (C=O) groups is 2. The van der Waals surface area contributed by atoms with Crippen LogP contribution in [0.5, 0.6) is 0 Å². The van der Waals surface area contributed by atoms with Crippen molar-refractivity contribution >= 4 is 45.8 Å². The van der Waals surface area contributed by atoms with Crippen LogP contribution < -0.4 is 10.8 Å². The van der Waals surface area contributed by atoms with E-state index in [1.54, 1.807) is 0 Å². The Morgan fingerprint density at radius 1 is 1.25 bits per heavy atom. The van der Waals surface area contributed by atoms with Gasteiger partial charge in [-0.05, 0) is 52.9 Å². The third-order valence-corrected chi connectivity index (χ3v) is 4.92.